The molecule has 19 heavy (non-hydrogen) atoms. The maximum absolute atomic E-state index is 11.7. The molecule has 0 unspecified atom stereocenters. The molecule has 1 aliphatic rings. The number of amides is 2. The summed E-state index contributed by atoms with van der Waals surface area (Å²) >= 11 is 0. The van der Waals surface area contributed by atoms with Gasteiger partial charge in [-0.15, -0.1) is 0 Å². The van der Waals surface area contributed by atoms with Crippen LogP contribution in [-0.2, 0) is 9.53 Å². The van der Waals surface area contributed by atoms with Crippen LogP contribution in [0.3, 0.4) is 0 Å². The summed E-state index contributed by atoms with van der Waals surface area (Å²) in [7, 11) is 0. The Morgan fingerprint density at radius 2 is 1.95 bits per heavy atom. The molecular weight excluding hydrogens is 244 g/mol. The van der Waals surface area contributed by atoms with Crippen molar-refractivity contribution in [3.05, 3.63) is 0 Å². The lowest BCUT2D eigenvalue weighted by molar-refractivity contribution is -0.121. The third-order valence-electron chi connectivity index (χ3n) is 3.40. The molecule has 0 heterocycles. The molecule has 2 atom stereocenters. The van der Waals surface area contributed by atoms with Crippen LogP contribution in [0, 0.1) is 11.8 Å². The van der Waals surface area contributed by atoms with E-state index >= 15 is 0 Å². The Morgan fingerprint density at radius 1 is 1.26 bits per heavy atom. The molecule has 0 spiro atoms. The first kappa shape index (κ1) is 15.8. The summed E-state index contributed by atoms with van der Waals surface area (Å²) in [4.78, 5) is 23.0. The average Bonchev–Trinajstić information content (AvgIpc) is 2.36. The fraction of sp³-hybridized carbons (Fsp3) is 0.857. The van der Waals surface area contributed by atoms with E-state index in [1.165, 1.54) is 12.8 Å². The number of alkyl carbamates (subject to hydrolysis) is 1. The highest BCUT2D eigenvalue weighted by Gasteiger charge is 2.22. The zero-order valence-corrected chi connectivity index (χ0v) is 12.2. The second-order valence-corrected chi connectivity index (χ2v) is 5.78. The van der Waals surface area contributed by atoms with Crippen molar-refractivity contribution in [1.82, 2.24) is 10.6 Å². The second kappa shape index (κ2) is 8.02. The minimum atomic E-state index is -0.527. The number of carbonyl (C=O) groups excluding carboxylic acids is 2. The highest BCUT2D eigenvalue weighted by molar-refractivity contribution is 5.82. The lowest BCUT2D eigenvalue weighted by atomic mass is 9.86. The molecule has 1 aliphatic carbocycles. The zero-order chi connectivity index (χ0) is 14.3. The van der Waals surface area contributed by atoms with Gasteiger partial charge < -0.3 is 15.4 Å². The summed E-state index contributed by atoms with van der Waals surface area (Å²) in [5.41, 5.74) is 0. The summed E-state index contributed by atoms with van der Waals surface area (Å²) < 4.78 is 4.93. The normalized spacial score (nSPS) is 22.9. The summed E-state index contributed by atoms with van der Waals surface area (Å²) in [5, 5.41) is 5.45. The number of ether oxygens (including phenoxy) is 1. The van der Waals surface area contributed by atoms with Crippen molar-refractivity contribution in [1.29, 1.82) is 0 Å². The molecule has 1 rings (SSSR count). The molecule has 1 fully saturated rings. The predicted octanol–water partition coefficient (Wildman–Crippen LogP) is 2.06. The third kappa shape index (κ3) is 6.45. The lowest BCUT2D eigenvalue weighted by Crippen LogP contribution is -2.45. The molecule has 2 N–H and O–H groups in total. The van der Waals surface area contributed by atoms with Gasteiger partial charge in [0, 0.05) is 6.04 Å². The van der Waals surface area contributed by atoms with Crippen LogP contribution >= 0.6 is 0 Å². The van der Waals surface area contributed by atoms with Crippen molar-refractivity contribution in [3.8, 4) is 0 Å². The first-order valence-electron chi connectivity index (χ1n) is 7.19. The van der Waals surface area contributed by atoms with E-state index in [-0.39, 0.29) is 18.5 Å². The Labute approximate surface area is 115 Å². The molecule has 5 heteroatoms. The van der Waals surface area contributed by atoms with E-state index in [1.54, 1.807) is 0 Å². The number of hydrogen-bond acceptors (Lipinski definition) is 3. The highest BCUT2D eigenvalue weighted by atomic mass is 16.5. The molecule has 0 aromatic carbocycles. The smallest absolute Gasteiger partial charge is 0.407 e. The standard InChI is InChI=1S/C14H26N2O3/c1-10(2)9-19-14(18)15-8-13(17)16-12-7-5-4-6-11(12)3/h10-12H,4-9H2,1-3H3,(H,15,18)(H,16,17)/t11-,12+/m1/s1. The Bertz CT molecular complexity index is 305. The van der Waals surface area contributed by atoms with Gasteiger partial charge >= 0.3 is 6.09 Å². The molecule has 0 bridgehead atoms. The van der Waals surface area contributed by atoms with Crippen LogP contribution < -0.4 is 10.6 Å². The van der Waals surface area contributed by atoms with Gasteiger partial charge in [-0.2, -0.15) is 0 Å². The Morgan fingerprint density at radius 3 is 2.58 bits per heavy atom. The van der Waals surface area contributed by atoms with E-state index in [0.29, 0.717) is 18.4 Å². The van der Waals surface area contributed by atoms with Crippen molar-refractivity contribution in [2.45, 2.75) is 52.5 Å². The Balaban J connectivity index is 2.18. The minimum absolute atomic E-state index is 0.0137. The maximum atomic E-state index is 11.7. The zero-order valence-electron chi connectivity index (χ0n) is 12.2. The summed E-state index contributed by atoms with van der Waals surface area (Å²) in [6.45, 7) is 6.44. The van der Waals surface area contributed by atoms with Gasteiger partial charge in [-0.3, -0.25) is 4.79 Å². The van der Waals surface area contributed by atoms with Gasteiger partial charge in [0.05, 0.1) is 6.61 Å². The van der Waals surface area contributed by atoms with Gasteiger partial charge in [-0.25, -0.2) is 4.79 Å². The molecule has 0 radical (unpaired) electrons. The van der Waals surface area contributed by atoms with Crippen molar-refractivity contribution in [2.24, 2.45) is 11.8 Å². The van der Waals surface area contributed by atoms with Crippen LogP contribution in [0.1, 0.15) is 46.5 Å². The van der Waals surface area contributed by atoms with Gasteiger partial charge in [-0.05, 0) is 24.7 Å². The van der Waals surface area contributed by atoms with Crippen LogP contribution in [0.5, 0.6) is 0 Å². The number of hydrogen-bond donors (Lipinski definition) is 2. The van der Waals surface area contributed by atoms with E-state index in [1.807, 2.05) is 13.8 Å². The van der Waals surface area contributed by atoms with Crippen LogP contribution in [0.4, 0.5) is 4.79 Å². The van der Waals surface area contributed by atoms with Crippen LogP contribution in [-0.4, -0.2) is 31.2 Å². The van der Waals surface area contributed by atoms with E-state index in [2.05, 4.69) is 17.6 Å². The summed E-state index contributed by atoms with van der Waals surface area (Å²) in [6.07, 6.45) is 4.08. The van der Waals surface area contributed by atoms with Gasteiger partial charge in [0.1, 0.15) is 6.54 Å². The van der Waals surface area contributed by atoms with Gasteiger partial charge in [-0.1, -0.05) is 33.6 Å². The molecule has 0 aromatic heterocycles. The Hall–Kier alpha value is -1.26. The van der Waals surface area contributed by atoms with Crippen molar-refractivity contribution >= 4 is 12.0 Å². The molecule has 5 nitrogen and oxygen atoms in total. The SMILES string of the molecule is CC(C)COC(=O)NCC(=O)N[C@H]1CCCC[C@H]1C. The summed E-state index contributed by atoms with van der Waals surface area (Å²) in [5.74, 6) is 0.675. The molecule has 0 saturated heterocycles. The topological polar surface area (TPSA) is 67.4 Å². The van der Waals surface area contributed by atoms with E-state index in [0.717, 1.165) is 12.8 Å². The average molecular weight is 270 g/mol. The molecular formula is C14H26N2O3. The van der Waals surface area contributed by atoms with Crippen molar-refractivity contribution in [2.75, 3.05) is 13.2 Å². The number of carbonyl (C=O) groups is 2. The predicted molar refractivity (Wildman–Crippen MR) is 73.8 cm³/mol. The van der Waals surface area contributed by atoms with Gasteiger partial charge in [0.15, 0.2) is 0 Å². The van der Waals surface area contributed by atoms with E-state index < -0.39 is 6.09 Å². The lowest BCUT2D eigenvalue weighted by Gasteiger charge is -2.29. The first-order chi connectivity index (χ1) is 8.99. The first-order valence-corrected chi connectivity index (χ1v) is 7.19. The maximum Gasteiger partial charge on any atom is 0.407 e. The van der Waals surface area contributed by atoms with Crippen LogP contribution in [0.15, 0.2) is 0 Å². The monoisotopic (exact) mass is 270 g/mol. The second-order valence-electron chi connectivity index (χ2n) is 5.78. The molecule has 0 aromatic rings. The van der Waals surface area contributed by atoms with Gasteiger partial charge in [0.2, 0.25) is 5.91 Å². The Kier molecular flexibility index (Phi) is 6.67. The fourth-order valence-electron chi connectivity index (χ4n) is 2.23. The largest absolute Gasteiger partial charge is 0.449 e. The quantitative estimate of drug-likeness (QED) is 0.803. The number of nitrogens with one attached hydrogen (secondary N) is 2. The fourth-order valence-corrected chi connectivity index (χ4v) is 2.23. The van der Waals surface area contributed by atoms with Crippen LogP contribution in [0.25, 0.3) is 0 Å². The van der Waals surface area contributed by atoms with Gasteiger partial charge in [0.25, 0.3) is 0 Å². The molecule has 110 valence electrons. The molecule has 2 amide bonds. The van der Waals surface area contributed by atoms with Crippen molar-refractivity contribution < 1.29 is 14.3 Å². The van der Waals surface area contributed by atoms with E-state index in [4.69, 9.17) is 4.74 Å². The minimum Gasteiger partial charge on any atom is -0.449 e. The molecule has 1 saturated carbocycles. The highest BCUT2D eigenvalue weighted by Crippen LogP contribution is 2.23. The van der Waals surface area contributed by atoms with Crippen LogP contribution in [0.2, 0.25) is 0 Å². The van der Waals surface area contributed by atoms with E-state index in [9.17, 15) is 9.59 Å². The van der Waals surface area contributed by atoms with Crippen molar-refractivity contribution in [3.63, 3.8) is 0 Å². The molecule has 0 aliphatic heterocycles. The number of rotatable bonds is 5. The summed E-state index contributed by atoms with van der Waals surface area (Å²) in [6, 6.07) is 0.245. The third-order valence-corrected chi connectivity index (χ3v) is 3.40.